The molecule has 0 radical (unpaired) electrons. The Bertz CT molecular complexity index is 325. The van der Waals surface area contributed by atoms with Crippen LogP contribution in [0.25, 0.3) is 0 Å². The topological polar surface area (TPSA) is 47.1 Å². The normalized spacial score (nSPS) is 14.7. The molecule has 0 saturated heterocycles. The van der Waals surface area contributed by atoms with Gasteiger partial charge in [-0.25, -0.2) is 4.72 Å². The second-order valence-electron chi connectivity index (χ2n) is 4.64. The molecule has 0 aromatic heterocycles. The van der Waals surface area contributed by atoms with Crippen molar-refractivity contribution in [3.8, 4) is 0 Å². The van der Waals surface area contributed by atoms with Crippen molar-refractivity contribution in [3.05, 3.63) is 29.8 Å². The number of rotatable bonds is 6. The molecule has 1 aromatic rings. The molecule has 0 heterocycles. The smallest absolute Gasteiger partial charge is 0.121 e. The third-order valence-corrected chi connectivity index (χ3v) is 3.10. The van der Waals surface area contributed by atoms with Crippen LogP contribution in [0.4, 0.5) is 5.69 Å². The van der Waals surface area contributed by atoms with Crippen LogP contribution < -0.4 is 10.0 Å². The molecule has 0 fully saturated rings. The Labute approximate surface area is 107 Å². The van der Waals surface area contributed by atoms with Gasteiger partial charge < -0.3 is 9.87 Å². The van der Waals surface area contributed by atoms with Gasteiger partial charge in [0.1, 0.15) is 6.26 Å². The van der Waals surface area contributed by atoms with Crippen molar-refractivity contribution in [2.45, 2.75) is 32.7 Å². The van der Waals surface area contributed by atoms with E-state index in [-0.39, 0.29) is 0 Å². The van der Waals surface area contributed by atoms with Crippen LogP contribution in [0.5, 0.6) is 0 Å². The number of hydrogen-bond acceptors (Lipinski definition) is 3. The van der Waals surface area contributed by atoms with Crippen LogP contribution in [-0.2, 0) is 11.4 Å². The molecule has 96 valence electrons. The van der Waals surface area contributed by atoms with E-state index in [0.29, 0.717) is 12.0 Å². The van der Waals surface area contributed by atoms with Crippen molar-refractivity contribution in [2.24, 2.45) is 0 Å². The van der Waals surface area contributed by atoms with E-state index in [1.54, 1.807) is 6.26 Å². The zero-order valence-corrected chi connectivity index (χ0v) is 11.8. The van der Waals surface area contributed by atoms with Crippen molar-refractivity contribution in [1.82, 2.24) is 5.32 Å². The quantitative estimate of drug-likeness (QED) is 0.767. The Hall–Kier alpha value is -0.710. The molecule has 3 nitrogen and oxygen atoms in total. The van der Waals surface area contributed by atoms with Crippen LogP contribution >= 0.6 is 0 Å². The lowest BCUT2D eigenvalue weighted by atomic mass is 10.0. The van der Waals surface area contributed by atoms with Gasteiger partial charge in [-0.2, -0.15) is 0 Å². The van der Waals surface area contributed by atoms with Gasteiger partial charge in [0.2, 0.25) is 0 Å². The van der Waals surface area contributed by atoms with Crippen molar-refractivity contribution < 1.29 is 4.55 Å². The van der Waals surface area contributed by atoms with E-state index in [1.165, 1.54) is 5.56 Å². The Balaban J connectivity index is 2.54. The van der Waals surface area contributed by atoms with Crippen LogP contribution in [0, 0.1) is 0 Å². The molecule has 0 amide bonds. The molecule has 1 rings (SSSR count). The molecule has 2 unspecified atom stereocenters. The van der Waals surface area contributed by atoms with E-state index in [1.807, 2.05) is 12.1 Å². The fourth-order valence-corrected chi connectivity index (χ4v) is 2.04. The summed E-state index contributed by atoms with van der Waals surface area (Å²) in [5.41, 5.74) is 2.20. The second kappa shape index (κ2) is 6.89. The summed E-state index contributed by atoms with van der Waals surface area (Å²) in [4.78, 5) is 0. The molecule has 0 spiro atoms. The van der Waals surface area contributed by atoms with Gasteiger partial charge in [-0.1, -0.05) is 32.9 Å². The van der Waals surface area contributed by atoms with Gasteiger partial charge in [-0.3, -0.25) is 0 Å². The van der Waals surface area contributed by atoms with E-state index in [4.69, 9.17) is 0 Å². The largest absolute Gasteiger partial charge is 0.593 e. The van der Waals surface area contributed by atoms with E-state index in [0.717, 1.165) is 12.2 Å². The highest BCUT2D eigenvalue weighted by Gasteiger charge is 2.06. The van der Waals surface area contributed by atoms with Gasteiger partial charge in [0.15, 0.2) is 0 Å². The standard InChI is InChI=1S/C13H22N2OS/c1-10(2)14-9-11(3)12-5-7-13(8-6-12)15-17(4)16/h5-8,10-11,14-15H,9H2,1-4H3. The van der Waals surface area contributed by atoms with Gasteiger partial charge in [0.05, 0.1) is 17.0 Å². The minimum Gasteiger partial charge on any atom is -0.593 e. The highest BCUT2D eigenvalue weighted by Crippen LogP contribution is 2.18. The van der Waals surface area contributed by atoms with Gasteiger partial charge in [0, 0.05) is 12.6 Å². The number of anilines is 1. The average molecular weight is 254 g/mol. The number of benzene rings is 1. The number of hydrogen-bond donors (Lipinski definition) is 2. The first-order valence-electron chi connectivity index (χ1n) is 5.92. The summed E-state index contributed by atoms with van der Waals surface area (Å²) in [6.07, 6.45) is 1.63. The maximum Gasteiger partial charge on any atom is 0.121 e. The van der Waals surface area contributed by atoms with Crippen LogP contribution in [0.3, 0.4) is 0 Å². The third kappa shape index (κ3) is 5.44. The summed E-state index contributed by atoms with van der Waals surface area (Å²) in [6, 6.07) is 8.63. The number of nitrogens with one attached hydrogen (secondary N) is 2. The molecule has 4 heteroatoms. The molecule has 2 N–H and O–H groups in total. The van der Waals surface area contributed by atoms with Crippen molar-refractivity contribution in [2.75, 3.05) is 17.5 Å². The Morgan fingerprint density at radius 1 is 1.18 bits per heavy atom. The van der Waals surface area contributed by atoms with E-state index < -0.39 is 11.4 Å². The van der Waals surface area contributed by atoms with Gasteiger partial charge in [0.25, 0.3) is 0 Å². The third-order valence-electron chi connectivity index (χ3n) is 2.57. The van der Waals surface area contributed by atoms with Gasteiger partial charge in [-0.15, -0.1) is 0 Å². The molecule has 0 aliphatic heterocycles. The maximum absolute atomic E-state index is 11.0. The first kappa shape index (κ1) is 14.4. The van der Waals surface area contributed by atoms with E-state index in [2.05, 4.69) is 42.9 Å². The van der Waals surface area contributed by atoms with Crippen LogP contribution in [0.2, 0.25) is 0 Å². The average Bonchev–Trinajstić information content (AvgIpc) is 2.26. The SMILES string of the molecule is CC(C)NCC(C)c1ccc(N[S+](C)[O-])cc1. The van der Waals surface area contributed by atoms with Crippen molar-refractivity contribution >= 4 is 17.0 Å². The highest BCUT2D eigenvalue weighted by molar-refractivity contribution is 7.92. The molecule has 0 aliphatic rings. The van der Waals surface area contributed by atoms with Crippen LogP contribution in [0.1, 0.15) is 32.3 Å². The second-order valence-corrected chi connectivity index (χ2v) is 5.75. The molecule has 2 atom stereocenters. The summed E-state index contributed by atoms with van der Waals surface area (Å²) < 4.78 is 13.9. The Morgan fingerprint density at radius 3 is 2.24 bits per heavy atom. The first-order chi connectivity index (χ1) is 7.99. The lowest BCUT2D eigenvalue weighted by Gasteiger charge is -2.16. The molecular formula is C13H22N2OS. The molecule has 0 bridgehead atoms. The fourth-order valence-electron chi connectivity index (χ4n) is 1.58. The van der Waals surface area contributed by atoms with E-state index in [9.17, 15) is 4.55 Å². The van der Waals surface area contributed by atoms with Crippen molar-refractivity contribution in [1.29, 1.82) is 0 Å². The van der Waals surface area contributed by atoms with Gasteiger partial charge in [-0.05, 0) is 23.6 Å². The lowest BCUT2D eigenvalue weighted by molar-refractivity contribution is 0.548. The summed E-state index contributed by atoms with van der Waals surface area (Å²) in [6.45, 7) is 7.48. The molecule has 0 saturated carbocycles. The Morgan fingerprint density at radius 2 is 1.76 bits per heavy atom. The van der Waals surface area contributed by atoms with Crippen LogP contribution in [0.15, 0.2) is 24.3 Å². The summed E-state index contributed by atoms with van der Waals surface area (Å²) >= 11 is -1.01. The minimum atomic E-state index is -1.01. The highest BCUT2D eigenvalue weighted by atomic mass is 32.2. The van der Waals surface area contributed by atoms with Gasteiger partial charge >= 0.3 is 0 Å². The van der Waals surface area contributed by atoms with Crippen LogP contribution in [-0.4, -0.2) is 23.4 Å². The lowest BCUT2D eigenvalue weighted by Crippen LogP contribution is -2.26. The molecular weight excluding hydrogens is 232 g/mol. The summed E-state index contributed by atoms with van der Waals surface area (Å²) in [5, 5.41) is 3.43. The molecule has 17 heavy (non-hydrogen) atoms. The fraction of sp³-hybridized carbons (Fsp3) is 0.538. The Kier molecular flexibility index (Phi) is 5.82. The minimum absolute atomic E-state index is 0.485. The summed E-state index contributed by atoms with van der Waals surface area (Å²) in [5.74, 6) is 0.485. The summed E-state index contributed by atoms with van der Waals surface area (Å²) in [7, 11) is 0. The predicted octanol–water partition coefficient (Wildman–Crippen LogP) is 2.49. The predicted molar refractivity (Wildman–Crippen MR) is 75.7 cm³/mol. The first-order valence-corrected chi connectivity index (χ1v) is 7.48. The zero-order chi connectivity index (χ0) is 12.8. The zero-order valence-electron chi connectivity index (χ0n) is 11.0. The van der Waals surface area contributed by atoms with Crippen molar-refractivity contribution in [3.63, 3.8) is 0 Å². The van der Waals surface area contributed by atoms with E-state index >= 15 is 0 Å². The molecule has 0 aliphatic carbocycles. The maximum atomic E-state index is 11.0. The molecule has 1 aromatic carbocycles. The monoisotopic (exact) mass is 254 g/mol.